The Morgan fingerprint density at radius 3 is 2.43 bits per heavy atom. The molecule has 0 unspecified atom stereocenters. The Hall–Kier alpha value is -3.49. The number of hydrogen-bond donors (Lipinski definition) is 3. The van der Waals surface area contributed by atoms with Crippen molar-refractivity contribution in [1.82, 2.24) is 15.0 Å². The zero-order chi connectivity index (χ0) is 25.0. The van der Waals surface area contributed by atoms with Crippen LogP contribution in [0.4, 0.5) is 0 Å². The van der Waals surface area contributed by atoms with Crippen LogP contribution in [0.5, 0.6) is 0 Å². The first-order chi connectivity index (χ1) is 16.8. The van der Waals surface area contributed by atoms with Gasteiger partial charge in [-0.3, -0.25) is 4.79 Å². The van der Waals surface area contributed by atoms with Crippen molar-refractivity contribution in [3.63, 3.8) is 0 Å². The number of sulfonamides is 1. The molecule has 182 valence electrons. The fraction of sp³-hybridized carbons (Fsp3) is 0.259. The molecule has 7 nitrogen and oxygen atoms in total. The van der Waals surface area contributed by atoms with E-state index in [0.29, 0.717) is 24.5 Å². The van der Waals surface area contributed by atoms with Gasteiger partial charge in [0, 0.05) is 28.9 Å². The molecule has 1 heterocycles. The quantitative estimate of drug-likeness (QED) is 0.292. The number of hydrogen-bond acceptors (Lipinski definition) is 4. The third-order valence-electron chi connectivity index (χ3n) is 6.42. The Bertz CT molecular complexity index is 1460. The summed E-state index contributed by atoms with van der Waals surface area (Å²) in [6, 6.07) is 18.1. The molecule has 0 saturated heterocycles. The van der Waals surface area contributed by atoms with Gasteiger partial charge < -0.3 is 15.1 Å². The summed E-state index contributed by atoms with van der Waals surface area (Å²) < 4.78 is 29.4. The van der Waals surface area contributed by atoms with Crippen LogP contribution in [0.15, 0.2) is 77.8 Å². The van der Waals surface area contributed by atoms with Crippen LogP contribution in [0, 0.1) is 5.92 Å². The maximum atomic E-state index is 13.4. The Labute approximate surface area is 205 Å². The van der Waals surface area contributed by atoms with E-state index in [0.717, 1.165) is 21.9 Å². The van der Waals surface area contributed by atoms with Crippen molar-refractivity contribution in [2.24, 2.45) is 5.92 Å². The highest BCUT2D eigenvalue weighted by Gasteiger charge is 2.31. The van der Waals surface area contributed by atoms with Gasteiger partial charge in [-0.05, 0) is 29.0 Å². The molecule has 0 fully saturated rings. The molecule has 0 saturated carbocycles. The number of aromatic nitrogens is 1. The molecule has 8 heteroatoms. The predicted molar refractivity (Wildman–Crippen MR) is 138 cm³/mol. The van der Waals surface area contributed by atoms with Crippen molar-refractivity contribution in [2.75, 3.05) is 0 Å². The van der Waals surface area contributed by atoms with Gasteiger partial charge in [0.25, 0.3) is 0 Å². The largest absolute Gasteiger partial charge is 0.361 e. The molecule has 1 amide bonds. The SMILES string of the molecule is CC[C@H](C)[C@H](NS(=O)(=O)c1cccc2ccccc12)C(=O)N[C@H](C=O)Cc1c[nH]c2ccccc12. The van der Waals surface area contributed by atoms with Crippen LogP contribution in [0.25, 0.3) is 21.7 Å². The molecule has 3 atom stereocenters. The molecule has 3 N–H and O–H groups in total. The van der Waals surface area contributed by atoms with Crippen LogP contribution in [0.3, 0.4) is 0 Å². The van der Waals surface area contributed by atoms with Gasteiger partial charge in [-0.15, -0.1) is 0 Å². The van der Waals surface area contributed by atoms with Crippen molar-refractivity contribution < 1.29 is 18.0 Å². The number of fused-ring (bicyclic) bond motifs is 2. The maximum absolute atomic E-state index is 13.4. The molecule has 0 aliphatic rings. The second-order valence-electron chi connectivity index (χ2n) is 8.78. The molecular formula is C27H29N3O4S. The number of para-hydroxylation sites is 1. The molecule has 4 rings (SSSR count). The van der Waals surface area contributed by atoms with E-state index in [1.165, 1.54) is 6.07 Å². The number of aromatic amines is 1. The average molecular weight is 492 g/mol. The summed E-state index contributed by atoms with van der Waals surface area (Å²) in [6.07, 6.45) is 3.38. The number of nitrogens with one attached hydrogen (secondary N) is 3. The Morgan fingerprint density at radius 1 is 1.00 bits per heavy atom. The van der Waals surface area contributed by atoms with Crippen LogP contribution >= 0.6 is 0 Å². The highest BCUT2D eigenvalue weighted by molar-refractivity contribution is 7.89. The monoisotopic (exact) mass is 491 g/mol. The number of carbonyl (C=O) groups excluding carboxylic acids is 2. The lowest BCUT2D eigenvalue weighted by Gasteiger charge is -2.25. The van der Waals surface area contributed by atoms with Gasteiger partial charge in [0.2, 0.25) is 15.9 Å². The lowest BCUT2D eigenvalue weighted by atomic mass is 9.98. The van der Waals surface area contributed by atoms with Gasteiger partial charge in [-0.2, -0.15) is 4.72 Å². The minimum absolute atomic E-state index is 0.113. The summed E-state index contributed by atoms with van der Waals surface area (Å²) in [5, 5.41) is 5.09. The van der Waals surface area contributed by atoms with Crippen LogP contribution in [0.1, 0.15) is 25.8 Å². The van der Waals surface area contributed by atoms with E-state index in [-0.39, 0.29) is 10.8 Å². The number of amides is 1. The summed E-state index contributed by atoms with van der Waals surface area (Å²) in [4.78, 5) is 28.4. The van der Waals surface area contributed by atoms with Crippen molar-refractivity contribution in [2.45, 2.75) is 43.7 Å². The normalized spacial score (nSPS) is 14.5. The molecule has 0 aliphatic heterocycles. The van der Waals surface area contributed by atoms with Crippen LogP contribution in [0.2, 0.25) is 0 Å². The smallest absolute Gasteiger partial charge is 0.241 e. The average Bonchev–Trinajstić information content (AvgIpc) is 3.28. The van der Waals surface area contributed by atoms with Gasteiger partial charge in [0.15, 0.2) is 0 Å². The summed E-state index contributed by atoms with van der Waals surface area (Å²) in [7, 11) is -4.01. The van der Waals surface area contributed by atoms with Gasteiger partial charge in [-0.1, -0.05) is 74.9 Å². The molecule has 0 aliphatic carbocycles. The summed E-state index contributed by atoms with van der Waals surface area (Å²) in [6.45, 7) is 3.70. The van der Waals surface area contributed by atoms with E-state index in [9.17, 15) is 18.0 Å². The van der Waals surface area contributed by atoms with Gasteiger partial charge in [0.05, 0.1) is 10.9 Å². The van der Waals surface area contributed by atoms with Gasteiger partial charge >= 0.3 is 0 Å². The Balaban J connectivity index is 1.56. The maximum Gasteiger partial charge on any atom is 0.241 e. The molecule has 0 radical (unpaired) electrons. The van der Waals surface area contributed by atoms with E-state index < -0.39 is 28.0 Å². The lowest BCUT2D eigenvalue weighted by Crippen LogP contribution is -2.53. The fourth-order valence-electron chi connectivity index (χ4n) is 4.27. The van der Waals surface area contributed by atoms with Crippen molar-refractivity contribution in [1.29, 1.82) is 0 Å². The molecule has 4 aromatic rings. The Morgan fingerprint density at radius 2 is 1.69 bits per heavy atom. The first-order valence-corrected chi connectivity index (χ1v) is 13.1. The minimum atomic E-state index is -4.01. The van der Waals surface area contributed by atoms with Crippen molar-refractivity contribution in [3.8, 4) is 0 Å². The van der Waals surface area contributed by atoms with Crippen LogP contribution in [-0.4, -0.2) is 37.7 Å². The number of benzene rings is 3. The van der Waals surface area contributed by atoms with E-state index >= 15 is 0 Å². The second-order valence-corrected chi connectivity index (χ2v) is 10.5. The highest BCUT2D eigenvalue weighted by atomic mass is 32.2. The fourth-order valence-corrected chi connectivity index (χ4v) is 5.80. The summed E-state index contributed by atoms with van der Waals surface area (Å²) >= 11 is 0. The molecule has 0 bridgehead atoms. The van der Waals surface area contributed by atoms with E-state index in [1.807, 2.05) is 62.5 Å². The van der Waals surface area contributed by atoms with Crippen molar-refractivity contribution in [3.05, 3.63) is 78.5 Å². The minimum Gasteiger partial charge on any atom is -0.361 e. The van der Waals surface area contributed by atoms with Crippen molar-refractivity contribution >= 4 is 43.9 Å². The zero-order valence-electron chi connectivity index (χ0n) is 19.7. The van der Waals surface area contributed by atoms with Crippen LogP contribution < -0.4 is 10.0 Å². The molecule has 0 spiro atoms. The number of H-pyrrole nitrogens is 1. The number of aldehydes is 1. The number of rotatable bonds is 10. The summed E-state index contributed by atoms with van der Waals surface area (Å²) in [5.41, 5.74) is 1.84. The topological polar surface area (TPSA) is 108 Å². The number of carbonyl (C=O) groups is 2. The van der Waals surface area contributed by atoms with Crippen LogP contribution in [-0.2, 0) is 26.0 Å². The summed E-state index contributed by atoms with van der Waals surface area (Å²) in [5.74, 6) is -0.819. The lowest BCUT2D eigenvalue weighted by molar-refractivity contribution is -0.126. The van der Waals surface area contributed by atoms with Gasteiger partial charge in [0.1, 0.15) is 12.3 Å². The zero-order valence-corrected chi connectivity index (χ0v) is 20.5. The highest BCUT2D eigenvalue weighted by Crippen LogP contribution is 2.24. The van der Waals surface area contributed by atoms with E-state index in [1.54, 1.807) is 18.2 Å². The van der Waals surface area contributed by atoms with E-state index in [4.69, 9.17) is 0 Å². The predicted octanol–water partition coefficient (Wildman–Crippen LogP) is 3.94. The standard InChI is InChI=1S/C27H29N3O4S/c1-3-18(2)26(30-35(33,34)25-14-8-10-19-9-4-5-12-23(19)25)27(32)29-21(17-31)15-20-16-28-24-13-7-6-11-22(20)24/h4-14,16-18,21,26,28,30H,3,15H2,1-2H3,(H,29,32)/t18-,21-,26-/m0/s1. The first kappa shape index (κ1) is 24.6. The van der Waals surface area contributed by atoms with E-state index in [2.05, 4.69) is 15.0 Å². The van der Waals surface area contributed by atoms with Gasteiger partial charge in [-0.25, -0.2) is 8.42 Å². The first-order valence-electron chi connectivity index (χ1n) is 11.6. The molecule has 35 heavy (non-hydrogen) atoms. The second kappa shape index (κ2) is 10.4. The Kier molecular flexibility index (Phi) is 7.33. The molecule has 3 aromatic carbocycles. The molecule has 1 aromatic heterocycles. The third-order valence-corrected chi connectivity index (χ3v) is 7.92. The molecular weight excluding hydrogens is 462 g/mol. The third kappa shape index (κ3) is 5.28.